The van der Waals surface area contributed by atoms with Gasteiger partial charge in [-0.3, -0.25) is 4.79 Å². The maximum absolute atomic E-state index is 12.0. The number of ether oxygens (including phenoxy) is 1. The molecule has 0 N–H and O–H groups in total. The van der Waals surface area contributed by atoms with E-state index >= 15 is 0 Å². The lowest BCUT2D eigenvalue weighted by atomic mass is 9.95. The molecule has 0 fully saturated rings. The Morgan fingerprint density at radius 3 is 2.72 bits per heavy atom. The van der Waals surface area contributed by atoms with Crippen molar-refractivity contribution in [2.75, 3.05) is 7.11 Å². The van der Waals surface area contributed by atoms with Crippen molar-refractivity contribution < 1.29 is 9.53 Å². The molecule has 2 nitrogen and oxygen atoms in total. The molecule has 1 aliphatic rings. The zero-order valence-electron chi connectivity index (χ0n) is 11.1. The summed E-state index contributed by atoms with van der Waals surface area (Å²) in [6.45, 7) is 3.97. The molecule has 0 amide bonds. The summed E-state index contributed by atoms with van der Waals surface area (Å²) in [5.41, 5.74) is 4.28. The maximum Gasteiger partial charge on any atom is 0.163 e. The summed E-state index contributed by atoms with van der Waals surface area (Å²) in [6, 6.07) is 5.74. The molecule has 0 saturated carbocycles. The fourth-order valence-corrected chi connectivity index (χ4v) is 2.20. The van der Waals surface area contributed by atoms with Crippen molar-refractivity contribution in [3.05, 3.63) is 47.1 Å². The van der Waals surface area contributed by atoms with Gasteiger partial charge in [0.15, 0.2) is 5.78 Å². The number of allylic oxidation sites excluding steroid dienone is 4. The first-order valence-electron chi connectivity index (χ1n) is 6.24. The van der Waals surface area contributed by atoms with E-state index in [1.807, 2.05) is 25.1 Å². The van der Waals surface area contributed by atoms with Gasteiger partial charge in [-0.15, -0.1) is 0 Å². The highest BCUT2D eigenvalue weighted by atomic mass is 16.5. The van der Waals surface area contributed by atoms with E-state index in [9.17, 15) is 4.79 Å². The van der Waals surface area contributed by atoms with Gasteiger partial charge in [0.2, 0.25) is 0 Å². The minimum atomic E-state index is 0.161. The van der Waals surface area contributed by atoms with Crippen molar-refractivity contribution in [2.45, 2.75) is 26.7 Å². The van der Waals surface area contributed by atoms with Crippen molar-refractivity contribution in [3.8, 4) is 5.75 Å². The fraction of sp³-hybridized carbons (Fsp3) is 0.312. The van der Waals surface area contributed by atoms with Gasteiger partial charge in [-0.1, -0.05) is 30.7 Å². The number of ketones is 1. The van der Waals surface area contributed by atoms with Crippen LogP contribution in [0.2, 0.25) is 0 Å². The van der Waals surface area contributed by atoms with Gasteiger partial charge in [0.1, 0.15) is 5.75 Å². The SMILES string of the molecule is CCC(=O)c1cc(OC)ccc1C1=CC(C)=CC1. The third-order valence-corrected chi connectivity index (χ3v) is 3.24. The zero-order valence-corrected chi connectivity index (χ0v) is 11.1. The number of carbonyl (C=O) groups excluding carboxylic acids is 1. The molecule has 0 atom stereocenters. The molecule has 1 aromatic carbocycles. The third-order valence-electron chi connectivity index (χ3n) is 3.24. The number of carbonyl (C=O) groups is 1. The van der Waals surface area contributed by atoms with Crippen molar-refractivity contribution in [1.82, 2.24) is 0 Å². The Morgan fingerprint density at radius 1 is 1.39 bits per heavy atom. The van der Waals surface area contributed by atoms with E-state index in [1.54, 1.807) is 7.11 Å². The zero-order chi connectivity index (χ0) is 13.1. The lowest BCUT2D eigenvalue weighted by Gasteiger charge is -2.11. The van der Waals surface area contributed by atoms with Crippen LogP contribution in [0.5, 0.6) is 5.75 Å². The van der Waals surface area contributed by atoms with Crippen LogP contribution >= 0.6 is 0 Å². The van der Waals surface area contributed by atoms with Gasteiger partial charge in [0.25, 0.3) is 0 Å². The van der Waals surface area contributed by atoms with Crippen molar-refractivity contribution in [3.63, 3.8) is 0 Å². The van der Waals surface area contributed by atoms with Crippen LogP contribution in [0.1, 0.15) is 42.6 Å². The second kappa shape index (κ2) is 5.21. The minimum absolute atomic E-state index is 0.161. The van der Waals surface area contributed by atoms with Crippen LogP contribution in [0.25, 0.3) is 5.57 Å². The van der Waals surface area contributed by atoms with Crippen LogP contribution in [0.3, 0.4) is 0 Å². The number of methoxy groups -OCH3 is 1. The van der Waals surface area contributed by atoms with Crippen LogP contribution in [-0.4, -0.2) is 12.9 Å². The van der Waals surface area contributed by atoms with Crippen molar-refractivity contribution >= 4 is 11.4 Å². The van der Waals surface area contributed by atoms with Gasteiger partial charge >= 0.3 is 0 Å². The molecule has 0 bridgehead atoms. The predicted octanol–water partition coefficient (Wildman–Crippen LogP) is 4.02. The van der Waals surface area contributed by atoms with Crippen LogP contribution in [0.15, 0.2) is 35.9 Å². The molecule has 2 heteroatoms. The number of hydrogen-bond acceptors (Lipinski definition) is 2. The summed E-state index contributed by atoms with van der Waals surface area (Å²) >= 11 is 0. The maximum atomic E-state index is 12.0. The number of hydrogen-bond donors (Lipinski definition) is 0. The Bertz CT molecular complexity index is 536. The standard InChI is InChI=1S/C16H18O2/c1-4-16(17)15-10-13(18-3)7-8-14(15)12-6-5-11(2)9-12/h5,7-10H,4,6H2,1-3H3. The fourth-order valence-electron chi connectivity index (χ4n) is 2.20. The normalized spacial score (nSPS) is 14.2. The van der Waals surface area contributed by atoms with Crippen molar-refractivity contribution in [1.29, 1.82) is 0 Å². The van der Waals surface area contributed by atoms with Gasteiger partial charge in [0.05, 0.1) is 7.11 Å². The number of rotatable bonds is 4. The molecule has 0 heterocycles. The molecule has 18 heavy (non-hydrogen) atoms. The molecule has 0 aromatic heterocycles. The lowest BCUT2D eigenvalue weighted by Crippen LogP contribution is -2.02. The topological polar surface area (TPSA) is 26.3 Å². The van der Waals surface area contributed by atoms with Gasteiger partial charge < -0.3 is 4.74 Å². The van der Waals surface area contributed by atoms with Gasteiger partial charge in [0, 0.05) is 12.0 Å². The largest absolute Gasteiger partial charge is 0.497 e. The molecular weight excluding hydrogens is 224 g/mol. The molecule has 1 aliphatic carbocycles. The van der Waals surface area contributed by atoms with Crippen LogP contribution in [0, 0.1) is 0 Å². The van der Waals surface area contributed by atoms with E-state index in [0.29, 0.717) is 6.42 Å². The minimum Gasteiger partial charge on any atom is -0.497 e. The van der Waals surface area contributed by atoms with Gasteiger partial charge in [-0.25, -0.2) is 0 Å². The second-order valence-corrected chi connectivity index (χ2v) is 4.51. The average Bonchev–Trinajstić information content (AvgIpc) is 2.83. The highest BCUT2D eigenvalue weighted by Crippen LogP contribution is 2.31. The van der Waals surface area contributed by atoms with E-state index in [0.717, 1.165) is 23.3 Å². The highest BCUT2D eigenvalue weighted by Gasteiger charge is 2.15. The first kappa shape index (κ1) is 12.6. The Labute approximate surface area is 108 Å². The van der Waals surface area contributed by atoms with Crippen LogP contribution in [0.4, 0.5) is 0 Å². The first-order valence-corrected chi connectivity index (χ1v) is 6.24. The summed E-state index contributed by atoms with van der Waals surface area (Å²) in [7, 11) is 1.62. The molecule has 0 radical (unpaired) electrons. The lowest BCUT2D eigenvalue weighted by molar-refractivity contribution is 0.0987. The van der Waals surface area contributed by atoms with Crippen LogP contribution in [-0.2, 0) is 0 Å². The predicted molar refractivity (Wildman–Crippen MR) is 74.0 cm³/mol. The van der Waals surface area contributed by atoms with E-state index in [-0.39, 0.29) is 5.78 Å². The summed E-state index contributed by atoms with van der Waals surface area (Å²) in [5, 5.41) is 0. The molecule has 2 rings (SSSR count). The summed E-state index contributed by atoms with van der Waals surface area (Å²) in [6.07, 6.45) is 5.75. The van der Waals surface area contributed by atoms with Crippen molar-refractivity contribution in [2.24, 2.45) is 0 Å². The Kier molecular flexibility index (Phi) is 3.66. The van der Waals surface area contributed by atoms with Crippen LogP contribution < -0.4 is 4.74 Å². The van der Waals surface area contributed by atoms with E-state index < -0.39 is 0 Å². The Hall–Kier alpha value is -1.83. The molecule has 94 valence electrons. The molecule has 0 unspecified atom stereocenters. The molecule has 0 aliphatic heterocycles. The smallest absolute Gasteiger partial charge is 0.163 e. The molecule has 0 spiro atoms. The van der Waals surface area contributed by atoms with E-state index in [4.69, 9.17) is 4.74 Å². The van der Waals surface area contributed by atoms with Gasteiger partial charge in [-0.05, 0) is 36.6 Å². The van der Waals surface area contributed by atoms with E-state index in [2.05, 4.69) is 19.1 Å². The molecular formula is C16H18O2. The molecule has 1 aromatic rings. The van der Waals surface area contributed by atoms with E-state index in [1.165, 1.54) is 11.1 Å². The van der Waals surface area contributed by atoms with Gasteiger partial charge in [-0.2, -0.15) is 0 Å². The number of Topliss-reactive ketones (excluding diaryl/α,β-unsaturated/α-hetero) is 1. The highest BCUT2D eigenvalue weighted by molar-refractivity contribution is 6.01. The number of benzene rings is 1. The summed E-state index contributed by atoms with van der Waals surface area (Å²) < 4.78 is 5.20. The monoisotopic (exact) mass is 242 g/mol. The second-order valence-electron chi connectivity index (χ2n) is 4.51. The quantitative estimate of drug-likeness (QED) is 0.745. The Balaban J connectivity index is 2.47. The molecule has 0 saturated heterocycles. The first-order chi connectivity index (χ1) is 8.65. The Morgan fingerprint density at radius 2 is 2.17 bits per heavy atom. The summed E-state index contributed by atoms with van der Waals surface area (Å²) in [5.74, 6) is 0.896. The summed E-state index contributed by atoms with van der Waals surface area (Å²) in [4.78, 5) is 12.0. The third kappa shape index (κ3) is 2.37. The average molecular weight is 242 g/mol.